The van der Waals surface area contributed by atoms with Gasteiger partial charge in [0.1, 0.15) is 5.69 Å². The number of nitrogens with zero attached hydrogens (tertiary/aromatic N) is 2. The summed E-state index contributed by atoms with van der Waals surface area (Å²) in [7, 11) is 0. The van der Waals surface area contributed by atoms with Crippen molar-refractivity contribution in [3.05, 3.63) is 60.0 Å². The summed E-state index contributed by atoms with van der Waals surface area (Å²) in [5.41, 5.74) is 7.14. The van der Waals surface area contributed by atoms with Crippen LogP contribution in [0.15, 0.2) is 53.9 Å². The third kappa shape index (κ3) is 2.44. The molecule has 23 heavy (non-hydrogen) atoms. The SMILES string of the molecule is O=C1NCCC(=NNc2ccncc2)c2c1[nH]c1ccccc21. The zero-order chi connectivity index (χ0) is 15.6. The Kier molecular flexibility index (Phi) is 3.27. The van der Waals surface area contributed by atoms with Gasteiger partial charge in [-0.05, 0) is 18.2 Å². The van der Waals surface area contributed by atoms with E-state index in [2.05, 4.69) is 25.8 Å². The predicted molar refractivity (Wildman–Crippen MR) is 89.6 cm³/mol. The van der Waals surface area contributed by atoms with Gasteiger partial charge in [-0.1, -0.05) is 18.2 Å². The second-order valence-corrected chi connectivity index (χ2v) is 5.33. The standard InChI is InChI=1S/C17H15N5O/c23-17-16-15(12-3-1-2-4-13(12)20-16)14(7-10-19-17)22-21-11-5-8-18-9-6-11/h1-6,8-9,20H,7,10H2,(H,18,21)(H,19,23). The van der Waals surface area contributed by atoms with Crippen LogP contribution in [0.1, 0.15) is 22.5 Å². The molecule has 3 N–H and O–H groups in total. The fourth-order valence-corrected chi connectivity index (χ4v) is 2.79. The molecule has 0 spiro atoms. The zero-order valence-corrected chi connectivity index (χ0v) is 12.3. The number of aromatic nitrogens is 2. The summed E-state index contributed by atoms with van der Waals surface area (Å²) in [6, 6.07) is 11.6. The smallest absolute Gasteiger partial charge is 0.268 e. The van der Waals surface area contributed by atoms with Crippen LogP contribution in [-0.4, -0.2) is 28.1 Å². The Hall–Kier alpha value is -3.15. The van der Waals surface area contributed by atoms with Crippen molar-refractivity contribution in [2.45, 2.75) is 6.42 Å². The molecular weight excluding hydrogens is 290 g/mol. The van der Waals surface area contributed by atoms with E-state index in [4.69, 9.17) is 0 Å². The Bertz CT molecular complexity index is 898. The molecule has 0 saturated heterocycles. The number of anilines is 1. The van der Waals surface area contributed by atoms with Gasteiger partial charge in [0.2, 0.25) is 0 Å². The summed E-state index contributed by atoms with van der Waals surface area (Å²) in [5, 5.41) is 8.45. The summed E-state index contributed by atoms with van der Waals surface area (Å²) < 4.78 is 0. The number of fused-ring (bicyclic) bond motifs is 3. The maximum atomic E-state index is 12.3. The largest absolute Gasteiger partial charge is 0.350 e. The summed E-state index contributed by atoms with van der Waals surface area (Å²) in [6.45, 7) is 0.562. The van der Waals surface area contributed by atoms with Gasteiger partial charge in [0.05, 0.1) is 11.4 Å². The van der Waals surface area contributed by atoms with Crippen molar-refractivity contribution < 1.29 is 4.79 Å². The lowest BCUT2D eigenvalue weighted by Gasteiger charge is -2.05. The average Bonchev–Trinajstić information content (AvgIpc) is 2.91. The minimum atomic E-state index is -0.0923. The summed E-state index contributed by atoms with van der Waals surface area (Å²) >= 11 is 0. The molecule has 0 saturated carbocycles. The van der Waals surface area contributed by atoms with Crippen LogP contribution < -0.4 is 10.7 Å². The van der Waals surface area contributed by atoms with E-state index in [9.17, 15) is 4.79 Å². The normalized spacial score (nSPS) is 16.0. The van der Waals surface area contributed by atoms with E-state index in [1.807, 2.05) is 36.4 Å². The minimum Gasteiger partial charge on any atom is -0.350 e. The molecule has 1 aliphatic heterocycles. The first-order chi connectivity index (χ1) is 11.3. The van der Waals surface area contributed by atoms with Crippen molar-refractivity contribution in [3.63, 3.8) is 0 Å². The number of H-pyrrole nitrogens is 1. The fourth-order valence-electron chi connectivity index (χ4n) is 2.79. The van der Waals surface area contributed by atoms with Crippen molar-refractivity contribution >= 4 is 28.2 Å². The number of pyridine rings is 1. The van der Waals surface area contributed by atoms with E-state index in [-0.39, 0.29) is 5.91 Å². The first-order valence-electron chi connectivity index (χ1n) is 7.45. The topological polar surface area (TPSA) is 82.2 Å². The quantitative estimate of drug-likeness (QED) is 0.636. The monoisotopic (exact) mass is 305 g/mol. The zero-order valence-electron chi connectivity index (χ0n) is 12.3. The molecule has 114 valence electrons. The van der Waals surface area contributed by atoms with Gasteiger partial charge < -0.3 is 10.3 Å². The van der Waals surface area contributed by atoms with Crippen LogP contribution in [0.25, 0.3) is 10.9 Å². The van der Waals surface area contributed by atoms with Crippen LogP contribution >= 0.6 is 0 Å². The summed E-state index contributed by atoms with van der Waals surface area (Å²) in [5.74, 6) is -0.0923. The van der Waals surface area contributed by atoms with Crippen molar-refractivity contribution in [2.24, 2.45) is 5.10 Å². The Morgan fingerprint density at radius 3 is 2.83 bits per heavy atom. The number of hydrogen-bond donors (Lipinski definition) is 3. The van der Waals surface area contributed by atoms with Gasteiger partial charge in [-0.25, -0.2) is 0 Å². The molecule has 6 heteroatoms. The molecule has 0 bridgehead atoms. The van der Waals surface area contributed by atoms with Crippen LogP contribution in [-0.2, 0) is 0 Å². The highest BCUT2D eigenvalue weighted by Gasteiger charge is 2.24. The van der Waals surface area contributed by atoms with E-state index >= 15 is 0 Å². The molecular formula is C17H15N5O. The summed E-state index contributed by atoms with van der Waals surface area (Å²) in [4.78, 5) is 19.5. The number of hydrogen-bond acceptors (Lipinski definition) is 4. The highest BCUT2D eigenvalue weighted by molar-refractivity contribution is 6.19. The van der Waals surface area contributed by atoms with Crippen molar-refractivity contribution in [3.8, 4) is 0 Å². The molecule has 0 fully saturated rings. The number of para-hydroxylation sites is 1. The lowest BCUT2D eigenvalue weighted by molar-refractivity contribution is 0.0952. The van der Waals surface area contributed by atoms with E-state index in [0.717, 1.165) is 27.9 Å². The molecule has 6 nitrogen and oxygen atoms in total. The molecule has 3 heterocycles. The number of hydrazone groups is 1. The van der Waals surface area contributed by atoms with Gasteiger partial charge >= 0.3 is 0 Å². The molecule has 3 aromatic rings. The number of amides is 1. The molecule has 1 aliphatic rings. The number of carbonyl (C=O) groups excluding carboxylic acids is 1. The van der Waals surface area contributed by atoms with Gasteiger partial charge in [0.25, 0.3) is 5.91 Å². The Morgan fingerprint density at radius 2 is 1.96 bits per heavy atom. The molecule has 0 aliphatic carbocycles. The van der Waals surface area contributed by atoms with Crippen molar-refractivity contribution in [1.29, 1.82) is 0 Å². The van der Waals surface area contributed by atoms with Crippen LogP contribution in [0.4, 0.5) is 5.69 Å². The van der Waals surface area contributed by atoms with Crippen molar-refractivity contribution in [2.75, 3.05) is 12.0 Å². The number of benzene rings is 1. The second-order valence-electron chi connectivity index (χ2n) is 5.33. The number of aromatic amines is 1. The van der Waals surface area contributed by atoms with Gasteiger partial charge in [-0.2, -0.15) is 5.10 Å². The van der Waals surface area contributed by atoms with E-state index in [1.165, 1.54) is 0 Å². The van der Waals surface area contributed by atoms with Crippen LogP contribution in [0.2, 0.25) is 0 Å². The molecule has 4 rings (SSSR count). The minimum absolute atomic E-state index is 0.0923. The highest BCUT2D eigenvalue weighted by atomic mass is 16.1. The van der Waals surface area contributed by atoms with Gasteiger partial charge in [0.15, 0.2) is 0 Å². The Morgan fingerprint density at radius 1 is 1.13 bits per heavy atom. The predicted octanol–water partition coefficient (Wildman–Crippen LogP) is 2.51. The lowest BCUT2D eigenvalue weighted by Crippen LogP contribution is -2.23. The molecule has 1 aromatic carbocycles. The van der Waals surface area contributed by atoms with Gasteiger partial charge in [-0.15, -0.1) is 0 Å². The maximum absolute atomic E-state index is 12.3. The first kappa shape index (κ1) is 13.5. The van der Waals surface area contributed by atoms with E-state index < -0.39 is 0 Å². The third-order valence-corrected chi connectivity index (χ3v) is 3.87. The molecule has 0 radical (unpaired) electrons. The Labute approximate surface area is 132 Å². The number of nitrogens with one attached hydrogen (secondary N) is 3. The Balaban J connectivity index is 1.82. The average molecular weight is 305 g/mol. The molecule has 2 aromatic heterocycles. The van der Waals surface area contributed by atoms with E-state index in [0.29, 0.717) is 18.7 Å². The maximum Gasteiger partial charge on any atom is 0.268 e. The first-order valence-corrected chi connectivity index (χ1v) is 7.45. The molecule has 0 atom stereocenters. The van der Waals surface area contributed by atoms with Gasteiger partial charge in [0, 0.05) is 41.8 Å². The van der Waals surface area contributed by atoms with Crippen LogP contribution in [0.3, 0.4) is 0 Å². The number of rotatable bonds is 2. The van der Waals surface area contributed by atoms with Gasteiger partial charge in [-0.3, -0.25) is 15.2 Å². The molecule has 0 unspecified atom stereocenters. The van der Waals surface area contributed by atoms with Crippen molar-refractivity contribution in [1.82, 2.24) is 15.3 Å². The highest BCUT2D eigenvalue weighted by Crippen LogP contribution is 2.25. The molecule has 1 amide bonds. The van der Waals surface area contributed by atoms with E-state index in [1.54, 1.807) is 12.4 Å². The second kappa shape index (κ2) is 5.57. The number of carbonyl (C=O) groups is 1. The van der Waals surface area contributed by atoms with Crippen LogP contribution in [0, 0.1) is 0 Å². The van der Waals surface area contributed by atoms with Crippen LogP contribution in [0.5, 0.6) is 0 Å². The summed E-state index contributed by atoms with van der Waals surface area (Å²) in [6.07, 6.45) is 4.08. The third-order valence-electron chi connectivity index (χ3n) is 3.87. The fraction of sp³-hybridized carbons (Fsp3) is 0.118. The lowest BCUT2D eigenvalue weighted by atomic mass is 10.0.